The average Bonchev–Trinajstić information content (AvgIpc) is 3.79. The van der Waals surface area contributed by atoms with Crippen LogP contribution in [0.5, 0.6) is 11.5 Å². The fraction of sp³-hybridized carbons (Fsp3) is 0.0769. The van der Waals surface area contributed by atoms with E-state index in [1.165, 1.54) is 10.9 Å². The molecule has 0 N–H and O–H groups in total. The Morgan fingerprint density at radius 1 is 0.526 bits per heavy atom. The number of pyridine rings is 1. The molecule has 11 rings (SSSR count). The normalized spacial score (nSPS) is 12.3. The van der Waals surface area contributed by atoms with Gasteiger partial charge in [0.25, 0.3) is 6.33 Å². The molecule has 0 spiro atoms. The van der Waals surface area contributed by atoms with E-state index in [9.17, 15) is 0 Å². The highest BCUT2D eigenvalue weighted by atomic mass is 16.5. The maximum Gasteiger partial charge on any atom is 0.255 e. The predicted octanol–water partition coefficient (Wildman–Crippen LogP) is 12.8. The van der Waals surface area contributed by atoms with Crippen molar-refractivity contribution >= 4 is 32.8 Å². The summed E-state index contributed by atoms with van der Waals surface area (Å²) in [6.07, 6.45) is 2.22. The van der Waals surface area contributed by atoms with E-state index in [0.717, 1.165) is 89.7 Å². The topological polar surface area (TPSA) is 35.9 Å². The number of aromatic nitrogens is 4. The number of benzene rings is 7. The van der Waals surface area contributed by atoms with Gasteiger partial charge in [0.05, 0.1) is 16.7 Å². The standard InChI is InChI=1S/C52H39N4O/c1-52(2,3)35-29-45-41-20-8-7-19-40(41)44-23-14-22-39(34-15-5-4-6-16-34)51(44)55-33-54(47-25-11-12-26-48(47)55)36-17-13-18-37(31-36)57-38-27-28-43-42-21-9-10-24-46(42)56(49(43)32-38)50(30-35)53-45/h4-33H,1-3H3/q+1. The Morgan fingerprint density at radius 2 is 1.21 bits per heavy atom. The van der Waals surface area contributed by atoms with Crippen LogP contribution < -0.4 is 9.30 Å². The van der Waals surface area contributed by atoms with Crippen molar-refractivity contribution in [1.29, 1.82) is 0 Å². The molecular formula is C52H39N4O+. The zero-order valence-electron chi connectivity index (χ0n) is 32.0. The summed E-state index contributed by atoms with van der Waals surface area (Å²) in [5.41, 5.74) is 14.0. The summed E-state index contributed by atoms with van der Waals surface area (Å²) in [7, 11) is 0. The molecule has 57 heavy (non-hydrogen) atoms. The Balaban J connectivity index is 1.30. The van der Waals surface area contributed by atoms with Gasteiger partial charge in [-0.1, -0.05) is 130 Å². The SMILES string of the molecule is CC(C)(C)c1cc2nc(c1)-n1c3ccccc3c3ccc(cc31)Oc1cccc(c1)-n1c[n+](c3ccccc31)-c1c(-c3ccccc3)cccc1-c1ccccc1-2. The van der Waals surface area contributed by atoms with Gasteiger partial charge in [-0.25, -0.2) is 4.98 Å². The van der Waals surface area contributed by atoms with Crippen LogP contribution in [0.2, 0.25) is 0 Å². The Labute approximate surface area is 331 Å². The van der Waals surface area contributed by atoms with Crippen LogP contribution in [0.3, 0.4) is 0 Å². The third-order valence-corrected chi connectivity index (χ3v) is 11.4. The number of hydrogen-bond donors (Lipinski definition) is 0. The number of hydrogen-bond acceptors (Lipinski definition) is 2. The molecule has 0 radical (unpaired) electrons. The molecule has 0 fully saturated rings. The Bertz CT molecular complexity index is 3200. The summed E-state index contributed by atoms with van der Waals surface area (Å²) >= 11 is 0. The molecule has 3 aromatic heterocycles. The number of para-hydroxylation sites is 4. The molecule has 0 amide bonds. The summed E-state index contributed by atoms with van der Waals surface area (Å²) in [5, 5.41) is 2.32. The quantitative estimate of drug-likeness (QED) is 0.157. The molecule has 0 saturated heterocycles. The first kappa shape index (κ1) is 33.1. The van der Waals surface area contributed by atoms with Gasteiger partial charge in [-0.3, -0.25) is 4.57 Å². The van der Waals surface area contributed by atoms with Crippen molar-refractivity contribution in [2.75, 3.05) is 0 Å². The molecule has 10 aromatic rings. The first-order valence-electron chi connectivity index (χ1n) is 19.5. The molecule has 272 valence electrons. The van der Waals surface area contributed by atoms with Gasteiger partial charge in [-0.2, -0.15) is 9.13 Å². The molecule has 5 nitrogen and oxygen atoms in total. The minimum Gasteiger partial charge on any atom is -0.457 e. The van der Waals surface area contributed by atoms with E-state index >= 15 is 0 Å². The summed E-state index contributed by atoms with van der Waals surface area (Å²) < 4.78 is 13.7. The highest BCUT2D eigenvalue weighted by Crippen LogP contribution is 2.42. The maximum absolute atomic E-state index is 6.74. The number of ether oxygens (including phenoxy) is 1. The second-order valence-corrected chi connectivity index (χ2v) is 15.9. The molecule has 8 bridgehead atoms. The predicted molar refractivity (Wildman–Crippen MR) is 232 cm³/mol. The van der Waals surface area contributed by atoms with E-state index in [0.29, 0.717) is 0 Å². The van der Waals surface area contributed by atoms with Crippen molar-refractivity contribution in [2.45, 2.75) is 26.2 Å². The lowest BCUT2D eigenvalue weighted by Gasteiger charge is -2.22. The zero-order chi connectivity index (χ0) is 38.3. The summed E-state index contributed by atoms with van der Waals surface area (Å²) in [4.78, 5) is 5.60. The molecular weight excluding hydrogens is 697 g/mol. The fourth-order valence-corrected chi connectivity index (χ4v) is 8.60. The van der Waals surface area contributed by atoms with Crippen LogP contribution in [0.15, 0.2) is 182 Å². The van der Waals surface area contributed by atoms with E-state index in [2.05, 4.69) is 211 Å². The highest BCUT2D eigenvalue weighted by molar-refractivity contribution is 6.09. The van der Waals surface area contributed by atoms with Gasteiger partial charge in [0.1, 0.15) is 28.7 Å². The molecule has 7 aromatic carbocycles. The second kappa shape index (κ2) is 12.7. The first-order chi connectivity index (χ1) is 27.9. The average molecular weight is 736 g/mol. The first-order valence-corrected chi connectivity index (χ1v) is 19.5. The molecule has 1 aliphatic heterocycles. The molecule has 1 aliphatic rings. The molecule has 0 atom stereocenters. The van der Waals surface area contributed by atoms with Crippen molar-refractivity contribution in [1.82, 2.24) is 14.1 Å². The zero-order valence-corrected chi connectivity index (χ0v) is 32.0. The molecule has 0 unspecified atom stereocenters. The van der Waals surface area contributed by atoms with Crippen molar-refractivity contribution in [3.05, 3.63) is 188 Å². The summed E-state index contributed by atoms with van der Waals surface area (Å²) in [6.45, 7) is 6.83. The van der Waals surface area contributed by atoms with Gasteiger partial charge in [0, 0.05) is 39.6 Å². The Morgan fingerprint density at radius 3 is 2.07 bits per heavy atom. The van der Waals surface area contributed by atoms with Gasteiger partial charge in [-0.05, 0) is 76.7 Å². The smallest absolute Gasteiger partial charge is 0.255 e. The largest absolute Gasteiger partial charge is 0.457 e. The third kappa shape index (κ3) is 5.38. The molecule has 0 aliphatic carbocycles. The van der Waals surface area contributed by atoms with Crippen LogP contribution in [0.1, 0.15) is 26.3 Å². The van der Waals surface area contributed by atoms with Gasteiger partial charge in [-0.15, -0.1) is 0 Å². The van der Waals surface area contributed by atoms with E-state index in [1.807, 2.05) is 6.07 Å². The molecule has 0 saturated carbocycles. The van der Waals surface area contributed by atoms with Crippen LogP contribution in [-0.2, 0) is 5.41 Å². The van der Waals surface area contributed by atoms with Crippen LogP contribution in [0.4, 0.5) is 0 Å². The van der Waals surface area contributed by atoms with Crippen molar-refractivity contribution in [3.63, 3.8) is 0 Å². The monoisotopic (exact) mass is 735 g/mol. The molecule has 5 heteroatoms. The van der Waals surface area contributed by atoms with Crippen molar-refractivity contribution < 1.29 is 9.30 Å². The number of imidazole rings is 1. The summed E-state index contributed by atoms with van der Waals surface area (Å²) in [5.74, 6) is 2.39. The van der Waals surface area contributed by atoms with Gasteiger partial charge in [0.2, 0.25) is 0 Å². The molecule has 4 heterocycles. The van der Waals surface area contributed by atoms with Gasteiger partial charge in [0.15, 0.2) is 11.0 Å². The van der Waals surface area contributed by atoms with Crippen LogP contribution in [0.25, 0.3) is 83.5 Å². The fourth-order valence-electron chi connectivity index (χ4n) is 8.60. The Hall–Kier alpha value is -7.24. The maximum atomic E-state index is 6.74. The lowest BCUT2D eigenvalue weighted by atomic mass is 9.85. The van der Waals surface area contributed by atoms with Gasteiger partial charge < -0.3 is 4.74 Å². The van der Waals surface area contributed by atoms with Crippen LogP contribution in [-0.4, -0.2) is 14.1 Å². The van der Waals surface area contributed by atoms with E-state index in [1.54, 1.807) is 0 Å². The summed E-state index contributed by atoms with van der Waals surface area (Å²) in [6, 6.07) is 62.7. The van der Waals surface area contributed by atoms with Crippen molar-refractivity contribution in [2.24, 2.45) is 0 Å². The highest BCUT2D eigenvalue weighted by Gasteiger charge is 2.27. The second-order valence-electron chi connectivity index (χ2n) is 15.9. The number of fused-ring (bicyclic) bond motifs is 20. The van der Waals surface area contributed by atoms with E-state index < -0.39 is 0 Å². The van der Waals surface area contributed by atoms with E-state index in [4.69, 9.17) is 9.72 Å². The van der Waals surface area contributed by atoms with Crippen LogP contribution in [0, 0.1) is 0 Å². The lowest BCUT2D eigenvalue weighted by molar-refractivity contribution is -0.566. The minimum atomic E-state index is -0.146. The van der Waals surface area contributed by atoms with Crippen molar-refractivity contribution in [3.8, 4) is 62.2 Å². The van der Waals surface area contributed by atoms with Crippen LogP contribution >= 0.6 is 0 Å². The number of rotatable bonds is 1. The number of nitrogens with zero attached hydrogens (tertiary/aromatic N) is 4. The lowest BCUT2D eigenvalue weighted by Crippen LogP contribution is -2.31. The van der Waals surface area contributed by atoms with Gasteiger partial charge >= 0.3 is 0 Å². The third-order valence-electron chi connectivity index (χ3n) is 11.4. The minimum absolute atomic E-state index is 0.146. The van der Waals surface area contributed by atoms with E-state index in [-0.39, 0.29) is 5.41 Å². The Kier molecular flexibility index (Phi) is 7.35.